The van der Waals surface area contributed by atoms with Gasteiger partial charge < -0.3 is 14.6 Å². The number of ether oxygens (including phenoxy) is 2. The van der Waals surface area contributed by atoms with Gasteiger partial charge in [0.25, 0.3) is 0 Å². The van der Waals surface area contributed by atoms with Gasteiger partial charge >= 0.3 is 6.09 Å². The van der Waals surface area contributed by atoms with E-state index in [1.807, 2.05) is 6.92 Å². The molecule has 1 amide bonds. The molecule has 1 aliphatic rings. The van der Waals surface area contributed by atoms with E-state index in [0.29, 0.717) is 19.6 Å². The second-order valence-corrected chi connectivity index (χ2v) is 5.32. The highest BCUT2D eigenvalue weighted by atomic mass is 16.8. The largest absolute Gasteiger partial charge is 0.442 e. The fourth-order valence-corrected chi connectivity index (χ4v) is 1.66. The van der Waals surface area contributed by atoms with Crippen LogP contribution in [0.4, 0.5) is 4.79 Å². The van der Waals surface area contributed by atoms with Crippen LogP contribution in [0.3, 0.4) is 0 Å². The van der Waals surface area contributed by atoms with Crippen LogP contribution in [0, 0.1) is 5.92 Å². The number of rotatable bonds is 3. The first-order chi connectivity index (χ1) is 8.35. The van der Waals surface area contributed by atoms with Crippen LogP contribution in [0.1, 0.15) is 34.1 Å². The number of hydrogen-bond acceptors (Lipinski definition) is 5. The number of hydroxylamine groups is 2. The van der Waals surface area contributed by atoms with Crippen molar-refractivity contribution < 1.29 is 24.2 Å². The summed E-state index contributed by atoms with van der Waals surface area (Å²) in [5.74, 6) is -0.0529. The Labute approximate surface area is 108 Å². The van der Waals surface area contributed by atoms with Gasteiger partial charge in [-0.05, 0) is 27.7 Å². The highest BCUT2D eigenvalue weighted by molar-refractivity contribution is 5.66. The molecule has 18 heavy (non-hydrogen) atoms. The van der Waals surface area contributed by atoms with Crippen LogP contribution >= 0.6 is 0 Å². The number of aliphatic hydroxyl groups excluding tert-OH is 1. The van der Waals surface area contributed by atoms with Gasteiger partial charge in [-0.25, -0.2) is 9.63 Å². The Kier molecular flexibility index (Phi) is 5.37. The number of nitrogens with zero attached hydrogens (tertiary/aromatic N) is 1. The van der Waals surface area contributed by atoms with Gasteiger partial charge in [-0.1, -0.05) is 0 Å². The molecule has 1 heterocycles. The van der Waals surface area contributed by atoms with Crippen molar-refractivity contribution in [3.8, 4) is 0 Å². The average Bonchev–Trinajstić information content (AvgIpc) is 2.26. The zero-order valence-corrected chi connectivity index (χ0v) is 11.5. The van der Waals surface area contributed by atoms with Gasteiger partial charge in [0, 0.05) is 25.6 Å². The van der Waals surface area contributed by atoms with Crippen molar-refractivity contribution in [2.75, 3.05) is 19.8 Å². The van der Waals surface area contributed by atoms with Gasteiger partial charge in [0.1, 0.15) is 5.60 Å². The Morgan fingerprint density at radius 2 is 2.17 bits per heavy atom. The second-order valence-electron chi connectivity index (χ2n) is 5.32. The first-order valence-electron chi connectivity index (χ1n) is 6.25. The molecule has 1 saturated heterocycles. The van der Waals surface area contributed by atoms with Crippen molar-refractivity contribution >= 4 is 6.09 Å². The molecule has 0 spiro atoms. The molecule has 2 atom stereocenters. The molecular weight excluding hydrogens is 238 g/mol. The minimum atomic E-state index is -0.576. The molecule has 0 aromatic carbocycles. The van der Waals surface area contributed by atoms with Crippen molar-refractivity contribution in [1.29, 1.82) is 0 Å². The Balaban J connectivity index is 2.60. The van der Waals surface area contributed by atoms with Gasteiger partial charge in [-0.15, -0.1) is 0 Å². The maximum absolute atomic E-state index is 11.9. The third-order valence-electron chi connectivity index (χ3n) is 2.40. The lowest BCUT2D eigenvalue weighted by atomic mass is 10.1. The maximum atomic E-state index is 11.9. The van der Waals surface area contributed by atoms with Crippen LogP contribution in [-0.2, 0) is 14.3 Å². The van der Waals surface area contributed by atoms with E-state index in [1.165, 1.54) is 0 Å². The minimum Gasteiger partial charge on any atom is -0.442 e. The Bertz CT molecular complexity index is 276. The van der Waals surface area contributed by atoms with Crippen molar-refractivity contribution in [1.82, 2.24) is 5.06 Å². The van der Waals surface area contributed by atoms with Gasteiger partial charge in [-0.2, -0.15) is 5.06 Å². The minimum absolute atomic E-state index is 0.00771. The first-order valence-corrected chi connectivity index (χ1v) is 6.25. The van der Waals surface area contributed by atoms with E-state index in [0.717, 1.165) is 5.06 Å². The summed E-state index contributed by atoms with van der Waals surface area (Å²) in [7, 11) is 0. The fraction of sp³-hybridized carbons (Fsp3) is 0.917. The Morgan fingerprint density at radius 1 is 1.50 bits per heavy atom. The maximum Gasteiger partial charge on any atom is 0.434 e. The SMILES string of the molecule is CCOC1CC(CO)CN(C(=O)OC(C)(C)C)O1. The number of amides is 1. The van der Waals surface area contributed by atoms with Crippen LogP contribution in [-0.4, -0.2) is 47.9 Å². The molecule has 0 saturated carbocycles. The first kappa shape index (κ1) is 15.2. The normalized spacial score (nSPS) is 25.1. The second kappa shape index (κ2) is 6.36. The summed E-state index contributed by atoms with van der Waals surface area (Å²) in [6.45, 7) is 8.02. The van der Waals surface area contributed by atoms with Gasteiger partial charge in [-0.3, -0.25) is 0 Å². The molecule has 6 heteroatoms. The van der Waals surface area contributed by atoms with Crippen molar-refractivity contribution in [3.63, 3.8) is 0 Å². The van der Waals surface area contributed by atoms with Gasteiger partial charge in [0.05, 0.1) is 6.54 Å². The zero-order chi connectivity index (χ0) is 13.8. The zero-order valence-electron chi connectivity index (χ0n) is 11.5. The fourth-order valence-electron chi connectivity index (χ4n) is 1.66. The highest BCUT2D eigenvalue weighted by Gasteiger charge is 2.33. The van der Waals surface area contributed by atoms with E-state index in [9.17, 15) is 9.90 Å². The molecule has 0 bridgehead atoms. The lowest BCUT2D eigenvalue weighted by molar-refractivity contribution is -0.296. The molecule has 1 N–H and O–H groups in total. The highest BCUT2D eigenvalue weighted by Crippen LogP contribution is 2.22. The number of hydrogen-bond donors (Lipinski definition) is 1. The summed E-state index contributed by atoms with van der Waals surface area (Å²) in [5, 5.41) is 10.4. The Hall–Kier alpha value is -0.850. The van der Waals surface area contributed by atoms with E-state index < -0.39 is 18.0 Å². The van der Waals surface area contributed by atoms with Crippen LogP contribution in [0.2, 0.25) is 0 Å². The quantitative estimate of drug-likeness (QED) is 0.834. The molecule has 0 radical (unpaired) electrons. The summed E-state index contributed by atoms with van der Waals surface area (Å²) >= 11 is 0. The number of carbonyl (C=O) groups is 1. The topological polar surface area (TPSA) is 68.2 Å². The predicted molar refractivity (Wildman–Crippen MR) is 64.6 cm³/mol. The van der Waals surface area contributed by atoms with E-state index in [2.05, 4.69) is 0 Å². The van der Waals surface area contributed by atoms with E-state index in [-0.39, 0.29) is 12.5 Å². The third kappa shape index (κ3) is 4.80. The standard InChI is InChI=1S/C12H23NO5/c1-5-16-10-6-9(8-14)7-13(18-10)11(15)17-12(2,3)4/h9-10,14H,5-8H2,1-4H3. The summed E-state index contributed by atoms with van der Waals surface area (Å²) < 4.78 is 10.6. The molecule has 1 fully saturated rings. The molecule has 106 valence electrons. The summed E-state index contributed by atoms with van der Waals surface area (Å²) in [6.07, 6.45) is -0.484. The molecule has 1 aliphatic heterocycles. The Morgan fingerprint density at radius 3 is 2.67 bits per heavy atom. The van der Waals surface area contributed by atoms with Crippen molar-refractivity contribution in [2.45, 2.75) is 46.0 Å². The molecule has 0 aliphatic carbocycles. The summed E-state index contributed by atoms with van der Waals surface area (Å²) in [6, 6.07) is 0. The van der Waals surface area contributed by atoms with Crippen LogP contribution < -0.4 is 0 Å². The predicted octanol–water partition coefficient (Wildman–Crippen LogP) is 1.53. The van der Waals surface area contributed by atoms with E-state index in [4.69, 9.17) is 14.3 Å². The van der Waals surface area contributed by atoms with Crippen LogP contribution in [0.15, 0.2) is 0 Å². The summed E-state index contributed by atoms with van der Waals surface area (Å²) in [4.78, 5) is 17.3. The smallest absolute Gasteiger partial charge is 0.434 e. The van der Waals surface area contributed by atoms with Crippen molar-refractivity contribution in [3.05, 3.63) is 0 Å². The molecular formula is C12H23NO5. The number of aliphatic hydroxyl groups is 1. The lowest BCUT2D eigenvalue weighted by Crippen LogP contribution is -2.47. The molecule has 2 unspecified atom stereocenters. The summed E-state index contributed by atoms with van der Waals surface area (Å²) in [5.41, 5.74) is -0.576. The monoisotopic (exact) mass is 261 g/mol. The molecule has 1 rings (SSSR count). The van der Waals surface area contributed by atoms with Gasteiger partial charge in [0.2, 0.25) is 0 Å². The number of carbonyl (C=O) groups excluding carboxylic acids is 1. The molecule has 6 nitrogen and oxygen atoms in total. The average molecular weight is 261 g/mol. The lowest BCUT2D eigenvalue weighted by Gasteiger charge is -2.36. The van der Waals surface area contributed by atoms with Crippen LogP contribution in [0.25, 0.3) is 0 Å². The third-order valence-corrected chi connectivity index (χ3v) is 2.40. The van der Waals surface area contributed by atoms with E-state index in [1.54, 1.807) is 20.8 Å². The van der Waals surface area contributed by atoms with Crippen LogP contribution in [0.5, 0.6) is 0 Å². The molecule has 0 aromatic rings. The molecule has 0 aromatic heterocycles. The van der Waals surface area contributed by atoms with Gasteiger partial charge in [0.15, 0.2) is 6.29 Å². The van der Waals surface area contributed by atoms with E-state index >= 15 is 0 Å². The van der Waals surface area contributed by atoms with Crippen molar-refractivity contribution in [2.24, 2.45) is 5.92 Å².